The van der Waals surface area contributed by atoms with Gasteiger partial charge in [-0.15, -0.1) is 24.0 Å². The molecule has 2 aromatic rings. The summed E-state index contributed by atoms with van der Waals surface area (Å²) in [6.07, 6.45) is 1.30. The fourth-order valence-corrected chi connectivity index (χ4v) is 2.98. The fraction of sp³-hybridized carbons (Fsp3) is 0.391. The first-order valence-corrected chi connectivity index (χ1v) is 10.1. The third-order valence-corrected chi connectivity index (χ3v) is 4.79. The number of benzene rings is 2. The van der Waals surface area contributed by atoms with Crippen LogP contribution in [0.25, 0.3) is 0 Å². The molecule has 31 heavy (non-hydrogen) atoms. The lowest BCUT2D eigenvalue weighted by Crippen LogP contribution is -2.43. The molecule has 2 aromatic carbocycles. The molecule has 0 radical (unpaired) electrons. The number of hydrogen-bond acceptors (Lipinski definition) is 3. The number of ether oxygens (including phenoxy) is 1. The standard InChI is InChI=1S/C23H31FN4O2.HI/c1-17(19-7-4-3-5-8-19)30-14-6-13-27-23(26-2)28-16-20(22(25)29)15-18-9-11-21(24)12-10-18;/h3-5,7-12,17,20H,6,13-16H2,1-2H3,(H2,25,29)(H2,26,27,28);1H. The van der Waals surface area contributed by atoms with Crippen molar-refractivity contribution in [2.75, 3.05) is 26.7 Å². The molecule has 0 saturated carbocycles. The van der Waals surface area contributed by atoms with Crippen LogP contribution in [0.4, 0.5) is 4.39 Å². The van der Waals surface area contributed by atoms with E-state index in [0.29, 0.717) is 32.1 Å². The molecule has 170 valence electrons. The van der Waals surface area contributed by atoms with Crippen molar-refractivity contribution < 1.29 is 13.9 Å². The van der Waals surface area contributed by atoms with E-state index in [9.17, 15) is 9.18 Å². The van der Waals surface area contributed by atoms with Crippen LogP contribution in [-0.2, 0) is 16.0 Å². The minimum absolute atomic E-state index is 0. The van der Waals surface area contributed by atoms with Crippen LogP contribution in [0.3, 0.4) is 0 Å². The van der Waals surface area contributed by atoms with E-state index in [-0.39, 0.29) is 35.9 Å². The van der Waals surface area contributed by atoms with Crippen molar-refractivity contribution in [2.24, 2.45) is 16.6 Å². The Morgan fingerprint density at radius 3 is 2.42 bits per heavy atom. The van der Waals surface area contributed by atoms with E-state index in [2.05, 4.69) is 27.8 Å². The van der Waals surface area contributed by atoms with Gasteiger partial charge in [0.25, 0.3) is 0 Å². The zero-order chi connectivity index (χ0) is 21.8. The van der Waals surface area contributed by atoms with Crippen molar-refractivity contribution in [3.63, 3.8) is 0 Å². The molecule has 0 bridgehead atoms. The highest BCUT2D eigenvalue weighted by Gasteiger charge is 2.16. The van der Waals surface area contributed by atoms with Crippen molar-refractivity contribution in [3.05, 3.63) is 71.5 Å². The van der Waals surface area contributed by atoms with Crippen LogP contribution >= 0.6 is 24.0 Å². The minimum atomic E-state index is -0.427. The smallest absolute Gasteiger partial charge is 0.222 e. The molecule has 0 aromatic heterocycles. The second-order valence-electron chi connectivity index (χ2n) is 7.09. The molecule has 2 rings (SSSR count). The SMILES string of the molecule is CN=C(NCCCOC(C)c1ccccc1)NCC(Cc1ccc(F)cc1)C(N)=O.I. The van der Waals surface area contributed by atoms with Crippen molar-refractivity contribution >= 4 is 35.8 Å². The highest BCUT2D eigenvalue weighted by molar-refractivity contribution is 14.0. The Morgan fingerprint density at radius 2 is 1.81 bits per heavy atom. The van der Waals surface area contributed by atoms with E-state index in [1.807, 2.05) is 25.1 Å². The third-order valence-electron chi connectivity index (χ3n) is 4.79. The summed E-state index contributed by atoms with van der Waals surface area (Å²) >= 11 is 0. The second kappa shape index (κ2) is 14.7. The van der Waals surface area contributed by atoms with Gasteiger partial charge in [-0.25, -0.2) is 4.39 Å². The maximum atomic E-state index is 13.0. The van der Waals surface area contributed by atoms with Gasteiger partial charge in [-0.1, -0.05) is 42.5 Å². The molecule has 0 aliphatic heterocycles. The van der Waals surface area contributed by atoms with Gasteiger partial charge in [0.2, 0.25) is 5.91 Å². The summed E-state index contributed by atoms with van der Waals surface area (Å²) in [7, 11) is 1.67. The number of primary amides is 1. The fourth-order valence-electron chi connectivity index (χ4n) is 2.98. The first kappa shape index (κ1) is 26.8. The predicted molar refractivity (Wildman–Crippen MR) is 133 cm³/mol. The molecule has 0 heterocycles. The monoisotopic (exact) mass is 542 g/mol. The number of halogens is 2. The number of amides is 1. The van der Waals surface area contributed by atoms with E-state index in [4.69, 9.17) is 10.5 Å². The average molecular weight is 542 g/mol. The summed E-state index contributed by atoms with van der Waals surface area (Å²) in [6, 6.07) is 16.2. The Kier molecular flexibility index (Phi) is 12.8. The predicted octanol–water partition coefficient (Wildman–Crippen LogP) is 3.42. The van der Waals surface area contributed by atoms with Crippen LogP contribution < -0.4 is 16.4 Å². The lowest BCUT2D eigenvalue weighted by Gasteiger charge is -2.18. The quantitative estimate of drug-likeness (QED) is 0.176. The topological polar surface area (TPSA) is 88.7 Å². The summed E-state index contributed by atoms with van der Waals surface area (Å²) in [5, 5.41) is 6.34. The number of nitrogens with zero attached hydrogens (tertiary/aromatic N) is 1. The van der Waals surface area contributed by atoms with Gasteiger partial charge in [0, 0.05) is 26.7 Å². The maximum Gasteiger partial charge on any atom is 0.222 e. The second-order valence-corrected chi connectivity index (χ2v) is 7.09. The number of carbonyl (C=O) groups is 1. The molecule has 6 nitrogen and oxygen atoms in total. The van der Waals surface area contributed by atoms with Crippen LogP contribution in [0.15, 0.2) is 59.6 Å². The largest absolute Gasteiger partial charge is 0.374 e. The highest BCUT2D eigenvalue weighted by Crippen LogP contribution is 2.15. The summed E-state index contributed by atoms with van der Waals surface area (Å²) in [5.74, 6) is -0.551. The van der Waals surface area contributed by atoms with Gasteiger partial charge in [-0.3, -0.25) is 9.79 Å². The van der Waals surface area contributed by atoms with Gasteiger partial charge < -0.3 is 21.1 Å². The molecule has 4 N–H and O–H groups in total. The number of guanidine groups is 1. The normalized spacial score (nSPS) is 13.1. The molecule has 2 unspecified atom stereocenters. The van der Waals surface area contributed by atoms with Crippen LogP contribution in [0.1, 0.15) is 30.6 Å². The number of aliphatic imine (C=N–C) groups is 1. The molecule has 8 heteroatoms. The summed E-state index contributed by atoms with van der Waals surface area (Å²) in [4.78, 5) is 16.0. The Bertz CT molecular complexity index is 803. The molecule has 0 aliphatic rings. The van der Waals surface area contributed by atoms with Crippen molar-refractivity contribution in [3.8, 4) is 0 Å². The lowest BCUT2D eigenvalue weighted by molar-refractivity contribution is -0.121. The van der Waals surface area contributed by atoms with E-state index in [1.165, 1.54) is 12.1 Å². The van der Waals surface area contributed by atoms with Crippen LogP contribution in [0, 0.1) is 11.7 Å². The number of carbonyl (C=O) groups excluding carboxylic acids is 1. The molecule has 0 fully saturated rings. The Labute approximate surface area is 200 Å². The van der Waals surface area contributed by atoms with E-state index < -0.39 is 11.8 Å². The summed E-state index contributed by atoms with van der Waals surface area (Å²) in [5.41, 5.74) is 7.54. The third kappa shape index (κ3) is 10.1. The Balaban J connectivity index is 0.00000480. The molecule has 1 amide bonds. The van der Waals surface area contributed by atoms with Crippen LogP contribution in [0.2, 0.25) is 0 Å². The van der Waals surface area contributed by atoms with Gasteiger partial charge in [0.1, 0.15) is 5.82 Å². The molecule has 0 aliphatic carbocycles. The molecule has 0 spiro atoms. The van der Waals surface area contributed by atoms with Crippen LogP contribution in [-0.4, -0.2) is 38.6 Å². The minimum Gasteiger partial charge on any atom is -0.374 e. The molecule has 2 atom stereocenters. The van der Waals surface area contributed by atoms with E-state index >= 15 is 0 Å². The van der Waals surface area contributed by atoms with Crippen LogP contribution in [0.5, 0.6) is 0 Å². The number of rotatable bonds is 11. The highest BCUT2D eigenvalue weighted by atomic mass is 127. The van der Waals surface area contributed by atoms with Gasteiger partial charge in [0.05, 0.1) is 12.0 Å². The summed E-state index contributed by atoms with van der Waals surface area (Å²) < 4.78 is 18.9. The Morgan fingerprint density at radius 1 is 1.13 bits per heavy atom. The van der Waals surface area contributed by atoms with Gasteiger partial charge in [-0.2, -0.15) is 0 Å². The van der Waals surface area contributed by atoms with Crippen molar-refractivity contribution in [1.29, 1.82) is 0 Å². The summed E-state index contributed by atoms with van der Waals surface area (Å²) in [6.45, 7) is 3.68. The molecular weight excluding hydrogens is 510 g/mol. The maximum absolute atomic E-state index is 13.0. The number of hydrogen-bond donors (Lipinski definition) is 3. The van der Waals surface area contributed by atoms with E-state index in [1.54, 1.807) is 19.2 Å². The zero-order valence-electron chi connectivity index (χ0n) is 18.0. The molecule has 0 saturated heterocycles. The Hall–Kier alpha value is -2.20. The average Bonchev–Trinajstić information content (AvgIpc) is 2.76. The number of nitrogens with two attached hydrogens (primary N) is 1. The number of nitrogens with one attached hydrogen (secondary N) is 2. The van der Waals surface area contributed by atoms with E-state index in [0.717, 1.165) is 17.5 Å². The first-order valence-electron chi connectivity index (χ1n) is 10.1. The van der Waals surface area contributed by atoms with Gasteiger partial charge in [-0.05, 0) is 43.0 Å². The first-order chi connectivity index (χ1) is 14.5. The zero-order valence-corrected chi connectivity index (χ0v) is 20.3. The van der Waals surface area contributed by atoms with Crippen molar-refractivity contribution in [2.45, 2.75) is 25.9 Å². The lowest BCUT2D eigenvalue weighted by atomic mass is 9.98. The van der Waals surface area contributed by atoms with Gasteiger partial charge >= 0.3 is 0 Å². The molecular formula is C23H32FIN4O2. The van der Waals surface area contributed by atoms with Crippen molar-refractivity contribution in [1.82, 2.24) is 10.6 Å². The van der Waals surface area contributed by atoms with Gasteiger partial charge in [0.15, 0.2) is 5.96 Å².